The summed E-state index contributed by atoms with van der Waals surface area (Å²) in [5, 5.41) is 0.602. The zero-order valence-electron chi connectivity index (χ0n) is 15.3. The molecular weight excluding hydrogens is 380 g/mol. The molecule has 0 atom stereocenters. The van der Waals surface area contributed by atoms with Crippen molar-refractivity contribution >= 4 is 23.5 Å². The summed E-state index contributed by atoms with van der Waals surface area (Å²) in [5.74, 6) is -0.304. The van der Waals surface area contributed by atoms with Crippen molar-refractivity contribution in [2.75, 3.05) is 13.7 Å². The van der Waals surface area contributed by atoms with Gasteiger partial charge in [0.1, 0.15) is 12.8 Å². The fraction of sp³-hybridized carbons (Fsp3) is 0.190. The third-order valence-corrected chi connectivity index (χ3v) is 4.34. The molecular formula is C21H19ClN2O4. The van der Waals surface area contributed by atoms with E-state index in [1.54, 1.807) is 12.1 Å². The summed E-state index contributed by atoms with van der Waals surface area (Å²) in [7, 11) is 1.29. The maximum Gasteiger partial charge on any atom is 0.325 e. The van der Waals surface area contributed by atoms with Crippen LogP contribution in [0.3, 0.4) is 0 Å². The lowest BCUT2D eigenvalue weighted by Gasteiger charge is -2.21. The van der Waals surface area contributed by atoms with Gasteiger partial charge in [0.25, 0.3) is 0 Å². The van der Waals surface area contributed by atoms with Crippen LogP contribution < -0.4 is 0 Å². The number of nitrogens with zero attached hydrogens (tertiary/aromatic N) is 2. The molecule has 28 heavy (non-hydrogen) atoms. The van der Waals surface area contributed by atoms with Gasteiger partial charge in [0.15, 0.2) is 0 Å². The summed E-state index contributed by atoms with van der Waals surface area (Å²) in [6.07, 6.45) is 1.47. The summed E-state index contributed by atoms with van der Waals surface area (Å²) < 4.78 is 10.2. The average Bonchev–Trinajstić information content (AvgIpc) is 3.18. The smallest absolute Gasteiger partial charge is 0.325 e. The molecule has 0 bridgehead atoms. The number of carbonyl (C=O) groups excluding carboxylic acids is 2. The quantitative estimate of drug-likeness (QED) is 0.567. The van der Waals surface area contributed by atoms with Gasteiger partial charge in [0.2, 0.25) is 11.8 Å². The molecule has 7 heteroatoms. The Morgan fingerprint density at radius 2 is 1.82 bits per heavy atom. The van der Waals surface area contributed by atoms with E-state index < -0.39 is 5.97 Å². The van der Waals surface area contributed by atoms with Gasteiger partial charge in [0, 0.05) is 17.1 Å². The van der Waals surface area contributed by atoms with Gasteiger partial charge in [-0.15, -0.1) is 0 Å². The Bertz CT molecular complexity index is 939. The van der Waals surface area contributed by atoms with Crippen molar-refractivity contribution in [2.45, 2.75) is 13.0 Å². The minimum atomic E-state index is -0.493. The van der Waals surface area contributed by atoms with E-state index in [-0.39, 0.29) is 25.4 Å². The van der Waals surface area contributed by atoms with E-state index in [0.29, 0.717) is 16.6 Å². The standard InChI is InChI=1S/C21H19ClN2O4/c1-27-20(26)13-24(12-15-7-9-17(22)10-8-15)19(25)11-18-14-28-21(23-18)16-5-3-2-4-6-16/h2-10,14H,11-13H2,1H3. The topological polar surface area (TPSA) is 72.6 Å². The SMILES string of the molecule is COC(=O)CN(Cc1ccc(Cl)cc1)C(=O)Cc1coc(-c2ccccc2)n1. The Morgan fingerprint density at radius 1 is 1.11 bits per heavy atom. The average molecular weight is 399 g/mol. The van der Waals surface area contributed by atoms with Crippen LogP contribution in [-0.4, -0.2) is 35.4 Å². The number of benzene rings is 2. The van der Waals surface area contributed by atoms with Gasteiger partial charge in [-0.25, -0.2) is 4.98 Å². The number of methoxy groups -OCH3 is 1. The van der Waals surface area contributed by atoms with Crippen LogP contribution in [0.1, 0.15) is 11.3 Å². The Morgan fingerprint density at radius 3 is 2.50 bits per heavy atom. The van der Waals surface area contributed by atoms with Crippen LogP contribution in [0.2, 0.25) is 5.02 Å². The minimum Gasteiger partial charge on any atom is -0.468 e. The number of carbonyl (C=O) groups is 2. The number of amides is 1. The summed E-state index contributed by atoms with van der Waals surface area (Å²) >= 11 is 5.90. The van der Waals surface area contributed by atoms with Crippen molar-refractivity contribution < 1.29 is 18.7 Å². The Kier molecular flexibility index (Phi) is 6.45. The summed E-state index contributed by atoms with van der Waals surface area (Å²) in [5.41, 5.74) is 2.18. The van der Waals surface area contributed by atoms with Crippen molar-refractivity contribution in [1.29, 1.82) is 0 Å². The molecule has 1 aromatic heterocycles. The number of esters is 1. The molecule has 0 fully saturated rings. The second-order valence-corrected chi connectivity index (χ2v) is 6.58. The van der Waals surface area contributed by atoms with Gasteiger partial charge < -0.3 is 14.1 Å². The number of oxazole rings is 1. The van der Waals surface area contributed by atoms with E-state index in [1.165, 1.54) is 18.3 Å². The molecule has 0 spiro atoms. The molecule has 0 radical (unpaired) electrons. The first-order chi connectivity index (χ1) is 13.5. The predicted octanol–water partition coefficient (Wildman–Crippen LogP) is 3.74. The maximum atomic E-state index is 12.8. The van der Waals surface area contributed by atoms with Crippen LogP contribution in [0.5, 0.6) is 0 Å². The Balaban J connectivity index is 1.72. The van der Waals surface area contributed by atoms with Crippen molar-refractivity contribution in [2.24, 2.45) is 0 Å². The molecule has 0 aliphatic rings. The van der Waals surface area contributed by atoms with Crippen molar-refractivity contribution in [3.8, 4) is 11.5 Å². The van der Waals surface area contributed by atoms with Crippen LogP contribution in [0, 0.1) is 0 Å². The molecule has 0 aliphatic heterocycles. The second-order valence-electron chi connectivity index (χ2n) is 6.14. The van der Waals surface area contributed by atoms with E-state index in [1.807, 2.05) is 42.5 Å². The van der Waals surface area contributed by atoms with Gasteiger partial charge in [0.05, 0.1) is 19.2 Å². The first-order valence-electron chi connectivity index (χ1n) is 8.64. The second kappa shape index (κ2) is 9.19. The number of halogens is 1. The summed E-state index contributed by atoms with van der Waals surface area (Å²) in [6.45, 7) is 0.107. The lowest BCUT2D eigenvalue weighted by molar-refractivity contribution is -0.147. The van der Waals surface area contributed by atoms with Crippen LogP contribution >= 0.6 is 11.6 Å². The van der Waals surface area contributed by atoms with E-state index in [2.05, 4.69) is 4.98 Å². The molecule has 6 nitrogen and oxygen atoms in total. The number of hydrogen-bond donors (Lipinski definition) is 0. The summed E-state index contributed by atoms with van der Waals surface area (Å²) in [4.78, 5) is 30.3. The molecule has 1 heterocycles. The number of hydrogen-bond acceptors (Lipinski definition) is 5. The van der Waals surface area contributed by atoms with E-state index in [9.17, 15) is 9.59 Å². The van der Waals surface area contributed by atoms with E-state index in [4.69, 9.17) is 20.8 Å². The molecule has 1 amide bonds. The Labute approximate surface area is 167 Å². The first kappa shape index (κ1) is 19.6. The largest absolute Gasteiger partial charge is 0.468 e. The third kappa shape index (κ3) is 5.20. The Hall–Kier alpha value is -3.12. The van der Waals surface area contributed by atoms with Crippen LogP contribution in [0.15, 0.2) is 65.3 Å². The molecule has 0 unspecified atom stereocenters. The monoisotopic (exact) mass is 398 g/mol. The molecule has 3 aromatic rings. The predicted molar refractivity (Wildman–Crippen MR) is 105 cm³/mol. The molecule has 0 N–H and O–H groups in total. The normalized spacial score (nSPS) is 10.5. The van der Waals surface area contributed by atoms with Crippen molar-refractivity contribution in [3.05, 3.63) is 77.1 Å². The van der Waals surface area contributed by atoms with Crippen LogP contribution in [0.4, 0.5) is 0 Å². The van der Waals surface area contributed by atoms with Crippen molar-refractivity contribution in [1.82, 2.24) is 9.88 Å². The fourth-order valence-corrected chi connectivity index (χ4v) is 2.76. The van der Waals surface area contributed by atoms with Gasteiger partial charge >= 0.3 is 5.97 Å². The lowest BCUT2D eigenvalue weighted by atomic mass is 10.2. The maximum absolute atomic E-state index is 12.8. The van der Waals surface area contributed by atoms with E-state index >= 15 is 0 Å². The molecule has 144 valence electrons. The highest BCUT2D eigenvalue weighted by Crippen LogP contribution is 2.19. The number of aromatic nitrogens is 1. The van der Waals surface area contributed by atoms with Crippen LogP contribution in [0.25, 0.3) is 11.5 Å². The van der Waals surface area contributed by atoms with Gasteiger partial charge in [-0.2, -0.15) is 0 Å². The number of rotatable bonds is 7. The number of ether oxygens (including phenoxy) is 1. The van der Waals surface area contributed by atoms with Gasteiger partial charge in [-0.3, -0.25) is 9.59 Å². The minimum absolute atomic E-state index is 0.0148. The highest BCUT2D eigenvalue weighted by molar-refractivity contribution is 6.30. The van der Waals surface area contributed by atoms with E-state index in [0.717, 1.165) is 11.1 Å². The third-order valence-electron chi connectivity index (χ3n) is 4.09. The lowest BCUT2D eigenvalue weighted by Crippen LogP contribution is -2.36. The first-order valence-corrected chi connectivity index (χ1v) is 9.02. The molecule has 0 aliphatic carbocycles. The van der Waals surface area contributed by atoms with Crippen molar-refractivity contribution in [3.63, 3.8) is 0 Å². The molecule has 2 aromatic carbocycles. The highest BCUT2D eigenvalue weighted by atomic mass is 35.5. The summed E-state index contributed by atoms with van der Waals surface area (Å²) in [6, 6.07) is 16.5. The fourth-order valence-electron chi connectivity index (χ4n) is 2.63. The molecule has 3 rings (SSSR count). The van der Waals surface area contributed by atoms with Gasteiger partial charge in [-0.1, -0.05) is 41.9 Å². The highest BCUT2D eigenvalue weighted by Gasteiger charge is 2.20. The van der Waals surface area contributed by atoms with Crippen LogP contribution in [-0.2, 0) is 27.3 Å². The molecule has 0 saturated heterocycles. The van der Waals surface area contributed by atoms with Gasteiger partial charge in [-0.05, 0) is 29.8 Å². The molecule has 0 saturated carbocycles. The zero-order chi connectivity index (χ0) is 19.9. The zero-order valence-corrected chi connectivity index (χ0v) is 16.1.